The van der Waals surface area contributed by atoms with Gasteiger partial charge < -0.3 is 9.52 Å². The molecule has 1 unspecified atom stereocenters. The number of hydrogen-bond acceptors (Lipinski definition) is 2. The molecule has 0 amide bonds. The highest BCUT2D eigenvalue weighted by Gasteiger charge is 2.34. The summed E-state index contributed by atoms with van der Waals surface area (Å²) in [5, 5.41) is 10.3. The van der Waals surface area contributed by atoms with Crippen molar-refractivity contribution in [3.8, 4) is 0 Å². The van der Waals surface area contributed by atoms with Gasteiger partial charge in [0.25, 0.3) is 0 Å². The van der Waals surface area contributed by atoms with Gasteiger partial charge in [-0.05, 0) is 32.3 Å². The maximum absolute atomic E-state index is 10.3. The molecule has 0 saturated carbocycles. The quantitative estimate of drug-likeness (QED) is 0.720. The highest BCUT2D eigenvalue weighted by atomic mass is 16.3. The summed E-state index contributed by atoms with van der Waals surface area (Å²) in [6.07, 6.45) is 3.66. The van der Waals surface area contributed by atoms with Crippen LogP contribution in [0.25, 0.3) is 0 Å². The molecule has 0 bridgehead atoms. The number of hydrogen-bond donors (Lipinski definition) is 1. The molecular weight excluding hydrogens is 164 g/mol. The van der Waals surface area contributed by atoms with E-state index < -0.39 is 5.60 Å². The average molecular weight is 180 g/mol. The molecule has 1 N–H and O–H groups in total. The van der Waals surface area contributed by atoms with Crippen LogP contribution < -0.4 is 0 Å². The highest BCUT2D eigenvalue weighted by molar-refractivity contribution is 5.30. The van der Waals surface area contributed by atoms with Crippen LogP contribution >= 0.6 is 0 Å². The Morgan fingerprint density at radius 1 is 1.62 bits per heavy atom. The molecule has 1 aromatic heterocycles. The van der Waals surface area contributed by atoms with E-state index >= 15 is 0 Å². The first kappa shape index (κ1) is 8.82. The summed E-state index contributed by atoms with van der Waals surface area (Å²) in [6, 6.07) is 1.98. The molecular formula is C11H16O2. The Bertz CT molecular complexity index is 314. The van der Waals surface area contributed by atoms with Crippen LogP contribution in [0.5, 0.6) is 0 Å². The third kappa shape index (κ3) is 1.29. The number of aryl methyl sites for hydroxylation is 2. The van der Waals surface area contributed by atoms with E-state index in [1.54, 1.807) is 0 Å². The molecule has 1 heterocycles. The average Bonchev–Trinajstić information content (AvgIpc) is 2.48. The Morgan fingerprint density at radius 2 is 2.38 bits per heavy atom. The van der Waals surface area contributed by atoms with Gasteiger partial charge >= 0.3 is 0 Å². The molecule has 0 saturated heterocycles. The summed E-state index contributed by atoms with van der Waals surface area (Å²) in [5.74, 6) is 1.91. The van der Waals surface area contributed by atoms with Crippen molar-refractivity contribution in [3.63, 3.8) is 0 Å². The normalized spacial score (nSPS) is 27.3. The molecule has 2 rings (SSSR count). The summed E-state index contributed by atoms with van der Waals surface area (Å²) in [7, 11) is 0. The zero-order valence-corrected chi connectivity index (χ0v) is 8.26. The van der Waals surface area contributed by atoms with Crippen LogP contribution in [-0.4, -0.2) is 5.11 Å². The van der Waals surface area contributed by atoms with E-state index in [9.17, 15) is 5.11 Å². The molecule has 0 aliphatic heterocycles. The predicted molar refractivity (Wildman–Crippen MR) is 50.6 cm³/mol. The largest absolute Gasteiger partial charge is 0.466 e. The Labute approximate surface area is 78.6 Å². The molecule has 0 spiro atoms. The third-order valence-electron chi connectivity index (χ3n) is 3.01. The minimum atomic E-state index is -0.620. The van der Waals surface area contributed by atoms with E-state index in [-0.39, 0.29) is 0 Å². The van der Waals surface area contributed by atoms with Crippen LogP contribution in [0.4, 0.5) is 0 Å². The second-order valence-electron chi connectivity index (χ2n) is 3.93. The van der Waals surface area contributed by atoms with Crippen molar-refractivity contribution in [2.24, 2.45) is 0 Å². The molecule has 1 atom stereocenters. The maximum Gasteiger partial charge on any atom is 0.110 e. The van der Waals surface area contributed by atoms with Crippen molar-refractivity contribution >= 4 is 0 Å². The van der Waals surface area contributed by atoms with Gasteiger partial charge in [0.1, 0.15) is 11.5 Å². The fourth-order valence-electron chi connectivity index (χ4n) is 2.19. The Morgan fingerprint density at radius 3 is 3.08 bits per heavy atom. The van der Waals surface area contributed by atoms with E-state index in [1.807, 2.05) is 19.9 Å². The Balaban J connectivity index is 2.47. The molecule has 1 aliphatic rings. The fourth-order valence-corrected chi connectivity index (χ4v) is 2.19. The van der Waals surface area contributed by atoms with Crippen LogP contribution in [-0.2, 0) is 12.0 Å². The third-order valence-corrected chi connectivity index (χ3v) is 3.01. The lowest BCUT2D eigenvalue weighted by molar-refractivity contribution is 0.0127. The van der Waals surface area contributed by atoms with Crippen molar-refractivity contribution in [2.45, 2.75) is 45.1 Å². The summed E-state index contributed by atoms with van der Waals surface area (Å²) >= 11 is 0. The van der Waals surface area contributed by atoms with Crippen LogP contribution in [0.3, 0.4) is 0 Å². The SMILES string of the molecule is CCC1(O)CCCc2oc(C)cc21. The topological polar surface area (TPSA) is 33.4 Å². The van der Waals surface area contributed by atoms with Gasteiger partial charge in [0.2, 0.25) is 0 Å². The second kappa shape index (κ2) is 2.88. The van der Waals surface area contributed by atoms with E-state index in [1.165, 1.54) is 0 Å². The molecule has 0 fully saturated rings. The molecule has 0 radical (unpaired) electrons. The number of fused-ring (bicyclic) bond motifs is 1. The first-order valence-corrected chi connectivity index (χ1v) is 4.98. The smallest absolute Gasteiger partial charge is 0.110 e. The number of aliphatic hydroxyl groups is 1. The molecule has 1 aromatic rings. The number of furan rings is 1. The molecule has 1 aliphatic carbocycles. The van der Waals surface area contributed by atoms with Crippen molar-refractivity contribution < 1.29 is 9.52 Å². The minimum absolute atomic E-state index is 0.620. The van der Waals surface area contributed by atoms with Crippen LogP contribution in [0, 0.1) is 6.92 Å². The van der Waals surface area contributed by atoms with Crippen molar-refractivity contribution in [2.75, 3.05) is 0 Å². The lowest BCUT2D eigenvalue weighted by Gasteiger charge is -2.30. The monoisotopic (exact) mass is 180 g/mol. The molecule has 13 heavy (non-hydrogen) atoms. The zero-order valence-electron chi connectivity index (χ0n) is 8.26. The van der Waals surface area contributed by atoms with Gasteiger partial charge in [-0.25, -0.2) is 0 Å². The van der Waals surface area contributed by atoms with Gasteiger partial charge in [0, 0.05) is 12.0 Å². The van der Waals surface area contributed by atoms with Crippen LogP contribution in [0.15, 0.2) is 10.5 Å². The molecule has 2 nitrogen and oxygen atoms in total. The van der Waals surface area contributed by atoms with Crippen LogP contribution in [0.2, 0.25) is 0 Å². The van der Waals surface area contributed by atoms with Gasteiger partial charge in [0.15, 0.2) is 0 Å². The predicted octanol–water partition coefficient (Wildman–Crippen LogP) is 2.52. The number of rotatable bonds is 1. The van der Waals surface area contributed by atoms with E-state index in [4.69, 9.17) is 4.42 Å². The van der Waals surface area contributed by atoms with Gasteiger partial charge in [-0.15, -0.1) is 0 Å². The summed E-state index contributed by atoms with van der Waals surface area (Å²) < 4.78 is 5.54. The van der Waals surface area contributed by atoms with Gasteiger partial charge in [-0.1, -0.05) is 6.92 Å². The fraction of sp³-hybridized carbons (Fsp3) is 0.636. The van der Waals surface area contributed by atoms with Crippen molar-refractivity contribution in [1.29, 1.82) is 0 Å². The van der Waals surface area contributed by atoms with Crippen molar-refractivity contribution in [3.05, 3.63) is 23.2 Å². The summed E-state index contributed by atoms with van der Waals surface area (Å²) in [6.45, 7) is 3.96. The van der Waals surface area contributed by atoms with Crippen molar-refractivity contribution in [1.82, 2.24) is 0 Å². The Hall–Kier alpha value is -0.760. The summed E-state index contributed by atoms with van der Waals surface area (Å²) in [4.78, 5) is 0. The standard InChI is InChI=1S/C11H16O2/c1-3-11(12)6-4-5-10-9(11)7-8(2)13-10/h7,12H,3-6H2,1-2H3. The minimum Gasteiger partial charge on any atom is -0.466 e. The lowest BCUT2D eigenvalue weighted by atomic mass is 9.81. The van der Waals surface area contributed by atoms with E-state index in [2.05, 4.69) is 0 Å². The zero-order chi connectivity index (χ0) is 9.47. The van der Waals surface area contributed by atoms with E-state index in [0.717, 1.165) is 42.8 Å². The highest BCUT2D eigenvalue weighted by Crippen LogP contribution is 2.39. The summed E-state index contributed by atoms with van der Waals surface area (Å²) in [5.41, 5.74) is 0.407. The maximum atomic E-state index is 10.3. The van der Waals surface area contributed by atoms with E-state index in [0.29, 0.717) is 0 Å². The first-order chi connectivity index (χ1) is 6.15. The molecule has 72 valence electrons. The second-order valence-corrected chi connectivity index (χ2v) is 3.93. The molecule has 0 aromatic carbocycles. The van der Waals surface area contributed by atoms with Gasteiger partial charge in [-0.3, -0.25) is 0 Å². The molecule has 2 heteroatoms. The first-order valence-electron chi connectivity index (χ1n) is 4.98. The van der Waals surface area contributed by atoms with Gasteiger partial charge in [0.05, 0.1) is 5.60 Å². The Kier molecular flexibility index (Phi) is 1.95. The lowest BCUT2D eigenvalue weighted by Crippen LogP contribution is -2.28. The van der Waals surface area contributed by atoms with Gasteiger partial charge in [-0.2, -0.15) is 0 Å². The van der Waals surface area contributed by atoms with Crippen LogP contribution in [0.1, 0.15) is 43.3 Å².